The molecule has 2 heterocycles. The Morgan fingerprint density at radius 3 is 3.20 bits per heavy atom. The fraction of sp³-hybridized carbons (Fsp3) is 0.545. The van der Waals surface area contributed by atoms with Crippen molar-refractivity contribution < 1.29 is 4.79 Å². The highest BCUT2D eigenvalue weighted by molar-refractivity contribution is 7.12. The first-order valence-corrected chi connectivity index (χ1v) is 6.16. The molecule has 0 aliphatic carbocycles. The Bertz CT molecular complexity index is 323. The Hall–Kier alpha value is -0.870. The SMILES string of the molecule is CN1CCCC(NC(=O)c2cccs2)C1. The zero-order valence-electron chi connectivity index (χ0n) is 8.90. The standard InChI is InChI=1S/C11H16N2OS/c1-13-6-2-4-9(8-13)12-11(14)10-5-3-7-15-10/h3,5,7,9H,2,4,6,8H2,1H3,(H,12,14). The number of carbonyl (C=O) groups is 1. The molecule has 1 amide bonds. The summed E-state index contributed by atoms with van der Waals surface area (Å²) in [6.45, 7) is 2.11. The first-order valence-electron chi connectivity index (χ1n) is 5.28. The van der Waals surface area contributed by atoms with Crippen LogP contribution in [0, 0.1) is 0 Å². The molecule has 2 rings (SSSR count). The minimum atomic E-state index is 0.0744. The van der Waals surface area contributed by atoms with Gasteiger partial charge in [-0.3, -0.25) is 4.79 Å². The average Bonchev–Trinajstić information content (AvgIpc) is 2.70. The molecule has 15 heavy (non-hydrogen) atoms. The summed E-state index contributed by atoms with van der Waals surface area (Å²) in [7, 11) is 2.10. The van der Waals surface area contributed by atoms with Crippen molar-refractivity contribution in [3.05, 3.63) is 22.4 Å². The van der Waals surface area contributed by atoms with Crippen molar-refractivity contribution in [3.8, 4) is 0 Å². The van der Waals surface area contributed by atoms with Gasteiger partial charge in [-0.25, -0.2) is 0 Å². The van der Waals surface area contributed by atoms with E-state index < -0.39 is 0 Å². The highest BCUT2D eigenvalue weighted by Gasteiger charge is 2.19. The number of amides is 1. The Morgan fingerprint density at radius 1 is 1.67 bits per heavy atom. The number of piperidine rings is 1. The predicted molar refractivity (Wildman–Crippen MR) is 62.3 cm³/mol. The van der Waals surface area contributed by atoms with Crippen molar-refractivity contribution in [2.75, 3.05) is 20.1 Å². The van der Waals surface area contributed by atoms with Gasteiger partial charge in [0.15, 0.2) is 0 Å². The number of nitrogens with zero attached hydrogens (tertiary/aromatic N) is 1. The zero-order valence-corrected chi connectivity index (χ0v) is 9.72. The molecule has 1 saturated heterocycles. The maximum atomic E-state index is 11.8. The summed E-state index contributed by atoms with van der Waals surface area (Å²) in [6, 6.07) is 4.09. The molecular weight excluding hydrogens is 208 g/mol. The number of hydrogen-bond acceptors (Lipinski definition) is 3. The summed E-state index contributed by atoms with van der Waals surface area (Å²) in [5.74, 6) is 0.0744. The normalized spacial score (nSPS) is 22.6. The summed E-state index contributed by atoms with van der Waals surface area (Å²) < 4.78 is 0. The van der Waals surface area contributed by atoms with E-state index in [0.29, 0.717) is 6.04 Å². The van der Waals surface area contributed by atoms with Crippen LogP contribution in [0.25, 0.3) is 0 Å². The Balaban J connectivity index is 1.89. The van der Waals surface area contributed by atoms with Crippen LogP contribution in [0.3, 0.4) is 0 Å². The van der Waals surface area contributed by atoms with Crippen LogP contribution in [-0.2, 0) is 0 Å². The number of likely N-dealkylation sites (N-methyl/N-ethyl adjacent to an activating group) is 1. The van der Waals surface area contributed by atoms with Crippen LogP contribution in [0.4, 0.5) is 0 Å². The third-order valence-corrected chi connectivity index (χ3v) is 3.57. The smallest absolute Gasteiger partial charge is 0.261 e. The Kier molecular flexibility index (Phi) is 3.38. The van der Waals surface area contributed by atoms with Crippen LogP contribution in [0.15, 0.2) is 17.5 Å². The topological polar surface area (TPSA) is 32.3 Å². The van der Waals surface area contributed by atoms with Gasteiger partial charge in [0.2, 0.25) is 0 Å². The van der Waals surface area contributed by atoms with Crippen molar-refractivity contribution >= 4 is 17.2 Å². The molecule has 0 aromatic carbocycles. The van der Waals surface area contributed by atoms with Crippen LogP contribution < -0.4 is 5.32 Å². The highest BCUT2D eigenvalue weighted by Crippen LogP contribution is 2.11. The predicted octanol–water partition coefficient (Wildman–Crippen LogP) is 1.57. The maximum Gasteiger partial charge on any atom is 0.261 e. The van der Waals surface area contributed by atoms with E-state index >= 15 is 0 Å². The molecule has 1 fully saturated rings. The van der Waals surface area contributed by atoms with E-state index in [2.05, 4.69) is 17.3 Å². The molecule has 82 valence electrons. The number of carbonyl (C=O) groups excluding carboxylic acids is 1. The summed E-state index contributed by atoms with van der Waals surface area (Å²) in [5, 5.41) is 5.01. The van der Waals surface area contributed by atoms with Crippen molar-refractivity contribution in [2.24, 2.45) is 0 Å². The molecule has 0 saturated carbocycles. The Labute approximate surface area is 94.1 Å². The van der Waals surface area contributed by atoms with Gasteiger partial charge in [-0.2, -0.15) is 0 Å². The molecular formula is C11H16N2OS. The van der Waals surface area contributed by atoms with Gasteiger partial charge in [0.25, 0.3) is 5.91 Å². The molecule has 1 unspecified atom stereocenters. The van der Waals surface area contributed by atoms with E-state index in [4.69, 9.17) is 0 Å². The van der Waals surface area contributed by atoms with Crippen LogP contribution in [0.2, 0.25) is 0 Å². The highest BCUT2D eigenvalue weighted by atomic mass is 32.1. The van der Waals surface area contributed by atoms with Gasteiger partial charge in [0.05, 0.1) is 4.88 Å². The van der Waals surface area contributed by atoms with Gasteiger partial charge in [-0.05, 0) is 37.9 Å². The summed E-state index contributed by atoms with van der Waals surface area (Å²) in [6.07, 6.45) is 2.27. The molecule has 1 atom stereocenters. The molecule has 1 aliphatic rings. The second-order valence-electron chi connectivity index (χ2n) is 4.05. The average molecular weight is 224 g/mol. The van der Waals surface area contributed by atoms with Gasteiger partial charge in [-0.1, -0.05) is 6.07 Å². The summed E-state index contributed by atoms with van der Waals surface area (Å²) >= 11 is 1.49. The lowest BCUT2D eigenvalue weighted by atomic mass is 10.1. The lowest BCUT2D eigenvalue weighted by Gasteiger charge is -2.30. The monoisotopic (exact) mass is 224 g/mol. The first kappa shape index (κ1) is 10.6. The summed E-state index contributed by atoms with van der Waals surface area (Å²) in [5.41, 5.74) is 0. The fourth-order valence-electron chi connectivity index (χ4n) is 1.95. The third kappa shape index (κ3) is 2.79. The largest absolute Gasteiger partial charge is 0.347 e. The minimum absolute atomic E-state index is 0.0744. The van der Waals surface area contributed by atoms with E-state index in [1.54, 1.807) is 0 Å². The van der Waals surface area contributed by atoms with Crippen LogP contribution >= 0.6 is 11.3 Å². The van der Waals surface area contributed by atoms with E-state index in [9.17, 15) is 4.79 Å². The van der Waals surface area contributed by atoms with Crippen molar-refractivity contribution in [1.29, 1.82) is 0 Å². The second-order valence-corrected chi connectivity index (χ2v) is 5.00. The van der Waals surface area contributed by atoms with E-state index in [-0.39, 0.29) is 5.91 Å². The number of hydrogen-bond donors (Lipinski definition) is 1. The van der Waals surface area contributed by atoms with Crippen LogP contribution in [0.1, 0.15) is 22.5 Å². The van der Waals surface area contributed by atoms with Crippen molar-refractivity contribution in [1.82, 2.24) is 10.2 Å². The number of rotatable bonds is 2. The van der Waals surface area contributed by atoms with Crippen molar-refractivity contribution in [3.63, 3.8) is 0 Å². The van der Waals surface area contributed by atoms with Gasteiger partial charge in [-0.15, -0.1) is 11.3 Å². The van der Waals surface area contributed by atoms with Crippen LogP contribution in [0.5, 0.6) is 0 Å². The van der Waals surface area contributed by atoms with Gasteiger partial charge in [0.1, 0.15) is 0 Å². The number of likely N-dealkylation sites (tertiary alicyclic amines) is 1. The van der Waals surface area contributed by atoms with E-state index in [1.807, 2.05) is 17.5 Å². The number of nitrogens with one attached hydrogen (secondary N) is 1. The zero-order chi connectivity index (χ0) is 10.7. The lowest BCUT2D eigenvalue weighted by Crippen LogP contribution is -2.46. The number of thiophene rings is 1. The Morgan fingerprint density at radius 2 is 2.53 bits per heavy atom. The second kappa shape index (κ2) is 4.77. The van der Waals surface area contributed by atoms with Gasteiger partial charge in [0, 0.05) is 12.6 Å². The minimum Gasteiger partial charge on any atom is -0.347 e. The van der Waals surface area contributed by atoms with Crippen LogP contribution in [-0.4, -0.2) is 37.0 Å². The molecule has 1 aromatic rings. The first-order chi connectivity index (χ1) is 7.25. The lowest BCUT2D eigenvalue weighted by molar-refractivity contribution is 0.0916. The van der Waals surface area contributed by atoms with Gasteiger partial charge >= 0.3 is 0 Å². The fourth-order valence-corrected chi connectivity index (χ4v) is 2.58. The molecule has 1 aliphatic heterocycles. The van der Waals surface area contributed by atoms with Crippen molar-refractivity contribution in [2.45, 2.75) is 18.9 Å². The quantitative estimate of drug-likeness (QED) is 0.827. The molecule has 1 N–H and O–H groups in total. The van der Waals surface area contributed by atoms with E-state index in [1.165, 1.54) is 17.8 Å². The molecule has 1 aromatic heterocycles. The molecule has 0 spiro atoms. The van der Waals surface area contributed by atoms with Gasteiger partial charge < -0.3 is 10.2 Å². The summed E-state index contributed by atoms with van der Waals surface area (Å²) in [4.78, 5) is 14.8. The molecule has 4 heteroatoms. The molecule has 0 radical (unpaired) electrons. The van der Waals surface area contributed by atoms with E-state index in [0.717, 1.165) is 24.4 Å². The molecule has 3 nitrogen and oxygen atoms in total. The molecule has 0 bridgehead atoms. The third-order valence-electron chi connectivity index (χ3n) is 2.70. The maximum absolute atomic E-state index is 11.8.